The molecular weight excluding hydrogens is 330 g/mol. The molecule has 1 aromatic heterocycles. The van der Waals surface area contributed by atoms with Gasteiger partial charge in [-0.3, -0.25) is 4.79 Å². The number of hydrogen-bond donors (Lipinski definition) is 2. The van der Waals surface area contributed by atoms with E-state index in [-0.39, 0.29) is 34.9 Å². The fourth-order valence-electron chi connectivity index (χ4n) is 2.86. The predicted octanol–water partition coefficient (Wildman–Crippen LogP) is 0.519. The molecular formula is C15H21N5O3S. The molecule has 0 unspecified atom stereocenters. The first-order valence-corrected chi connectivity index (χ1v) is 9.12. The van der Waals surface area contributed by atoms with Crippen molar-refractivity contribution in [2.45, 2.75) is 37.5 Å². The lowest BCUT2D eigenvalue weighted by atomic mass is 9.85. The quantitative estimate of drug-likeness (QED) is 0.743. The molecule has 0 atom stereocenters. The lowest BCUT2D eigenvalue weighted by Crippen LogP contribution is -2.35. The van der Waals surface area contributed by atoms with E-state index >= 15 is 0 Å². The van der Waals surface area contributed by atoms with Gasteiger partial charge in [0.05, 0.1) is 23.2 Å². The number of thiol groups is 1. The number of nitrogens with one attached hydrogen (secondary N) is 1. The average Bonchev–Trinajstić information content (AvgIpc) is 2.54. The van der Waals surface area contributed by atoms with Crippen LogP contribution in [0.3, 0.4) is 0 Å². The number of carbonyl (C=O) groups is 1. The van der Waals surface area contributed by atoms with Crippen LogP contribution < -0.4 is 5.32 Å². The first-order chi connectivity index (χ1) is 11.4. The smallest absolute Gasteiger partial charge is 0.225 e. The maximum Gasteiger partial charge on any atom is 0.225 e. The number of amides is 1. The van der Waals surface area contributed by atoms with Crippen molar-refractivity contribution in [2.75, 3.05) is 19.4 Å². The van der Waals surface area contributed by atoms with Crippen molar-refractivity contribution >= 4 is 22.6 Å². The third-order valence-corrected chi connectivity index (χ3v) is 4.68. The molecule has 2 rings (SSSR count). The maximum atomic E-state index is 12.0. The zero-order valence-electron chi connectivity index (χ0n) is 13.7. The van der Waals surface area contributed by atoms with E-state index < -0.39 is 10.7 Å². The van der Waals surface area contributed by atoms with E-state index in [4.69, 9.17) is 5.26 Å². The SMILES string of the molecule is CN(C)C(=O)[C@H]1CC[C@H](Nc2ncc(C#N)c(C[SH](=O)=O)n2)CC1. The molecule has 9 heteroatoms. The van der Waals surface area contributed by atoms with Crippen molar-refractivity contribution in [3.63, 3.8) is 0 Å². The summed E-state index contributed by atoms with van der Waals surface area (Å²) < 4.78 is 21.8. The van der Waals surface area contributed by atoms with Gasteiger partial charge in [-0.1, -0.05) is 0 Å². The van der Waals surface area contributed by atoms with Crippen LogP contribution in [0.2, 0.25) is 0 Å². The van der Waals surface area contributed by atoms with E-state index in [1.807, 2.05) is 6.07 Å². The minimum absolute atomic E-state index is 0.0555. The second-order valence-corrected chi connectivity index (χ2v) is 7.06. The van der Waals surface area contributed by atoms with Crippen molar-refractivity contribution in [1.82, 2.24) is 14.9 Å². The third kappa shape index (κ3) is 4.64. The number of nitrogens with zero attached hydrogens (tertiary/aromatic N) is 4. The number of anilines is 1. The number of hydrogen-bond acceptors (Lipinski definition) is 7. The highest BCUT2D eigenvalue weighted by Crippen LogP contribution is 2.27. The Labute approximate surface area is 142 Å². The summed E-state index contributed by atoms with van der Waals surface area (Å²) in [4.78, 5) is 21.8. The molecule has 1 aliphatic rings. The predicted molar refractivity (Wildman–Crippen MR) is 88.8 cm³/mol. The van der Waals surface area contributed by atoms with Gasteiger partial charge in [0, 0.05) is 26.1 Å². The Bertz CT molecular complexity index is 710. The van der Waals surface area contributed by atoms with E-state index in [0.29, 0.717) is 5.95 Å². The molecule has 8 nitrogen and oxygen atoms in total. The van der Waals surface area contributed by atoms with Crippen LogP contribution in [0.5, 0.6) is 0 Å². The van der Waals surface area contributed by atoms with Crippen molar-refractivity contribution in [3.05, 3.63) is 17.5 Å². The second-order valence-electron chi connectivity index (χ2n) is 6.08. The monoisotopic (exact) mass is 351 g/mol. The van der Waals surface area contributed by atoms with E-state index in [0.717, 1.165) is 25.7 Å². The normalized spacial score (nSPS) is 20.4. The van der Waals surface area contributed by atoms with E-state index in [9.17, 15) is 13.2 Å². The fraction of sp³-hybridized carbons (Fsp3) is 0.600. The molecule has 0 aromatic carbocycles. The van der Waals surface area contributed by atoms with Crippen molar-refractivity contribution in [2.24, 2.45) is 5.92 Å². The van der Waals surface area contributed by atoms with Gasteiger partial charge in [0.1, 0.15) is 16.8 Å². The molecule has 1 aromatic rings. The lowest BCUT2D eigenvalue weighted by Gasteiger charge is -2.29. The zero-order chi connectivity index (χ0) is 17.7. The Morgan fingerprint density at radius 1 is 1.38 bits per heavy atom. The largest absolute Gasteiger partial charge is 0.351 e. The topological polar surface area (TPSA) is 116 Å². The molecule has 1 amide bonds. The Hall–Kier alpha value is -2.21. The Morgan fingerprint density at radius 2 is 2.04 bits per heavy atom. The van der Waals surface area contributed by atoms with Crippen LogP contribution in [0.1, 0.15) is 36.9 Å². The van der Waals surface area contributed by atoms with Gasteiger partial charge < -0.3 is 10.2 Å². The molecule has 1 heterocycles. The summed E-state index contributed by atoms with van der Waals surface area (Å²) in [5.74, 6) is 0.257. The average molecular weight is 351 g/mol. The third-order valence-electron chi connectivity index (χ3n) is 4.12. The molecule has 0 aliphatic heterocycles. The standard InChI is InChI=1S/C15H21N5O3S/c1-20(2)14(21)10-3-5-12(6-4-10)18-15-17-8-11(7-16)13(19-15)9-24(22)23/h8,10,12,24H,3-6,9H2,1-2H3,(H,17,18,19)/t10-,12-. The van der Waals surface area contributed by atoms with Crippen LogP contribution in [-0.4, -0.2) is 49.3 Å². The van der Waals surface area contributed by atoms with Gasteiger partial charge in [-0.2, -0.15) is 5.26 Å². The molecule has 1 fully saturated rings. The van der Waals surface area contributed by atoms with Crippen LogP contribution in [0, 0.1) is 17.2 Å². The molecule has 130 valence electrons. The van der Waals surface area contributed by atoms with Gasteiger partial charge in [0.15, 0.2) is 0 Å². The van der Waals surface area contributed by atoms with Gasteiger partial charge in [-0.15, -0.1) is 0 Å². The van der Waals surface area contributed by atoms with Gasteiger partial charge in [-0.05, 0) is 25.7 Å². The highest BCUT2D eigenvalue weighted by atomic mass is 32.2. The summed E-state index contributed by atoms with van der Waals surface area (Å²) in [5.41, 5.74) is 0.377. The van der Waals surface area contributed by atoms with E-state index in [1.165, 1.54) is 6.20 Å². The number of nitriles is 1. The first-order valence-electron chi connectivity index (χ1n) is 7.76. The second kappa shape index (κ2) is 8.06. The Kier molecular flexibility index (Phi) is 6.09. The molecule has 1 aliphatic carbocycles. The number of carbonyl (C=O) groups excluding carboxylic acids is 1. The highest BCUT2D eigenvalue weighted by Gasteiger charge is 2.27. The number of aromatic nitrogens is 2. The minimum Gasteiger partial charge on any atom is -0.351 e. The van der Waals surface area contributed by atoms with Crippen LogP contribution in [0.4, 0.5) is 5.95 Å². The minimum atomic E-state index is -2.66. The Balaban J connectivity index is 2.00. The molecule has 0 radical (unpaired) electrons. The van der Waals surface area contributed by atoms with Gasteiger partial charge in [0.25, 0.3) is 0 Å². The fourth-order valence-corrected chi connectivity index (χ4v) is 3.34. The van der Waals surface area contributed by atoms with E-state index in [2.05, 4.69) is 15.3 Å². The van der Waals surface area contributed by atoms with Crippen molar-refractivity contribution in [3.8, 4) is 6.07 Å². The van der Waals surface area contributed by atoms with Crippen molar-refractivity contribution in [1.29, 1.82) is 5.26 Å². The van der Waals surface area contributed by atoms with Crippen LogP contribution in [-0.2, 0) is 21.3 Å². The summed E-state index contributed by atoms with van der Waals surface area (Å²) >= 11 is 0. The summed E-state index contributed by atoms with van der Waals surface area (Å²) in [6.45, 7) is 0. The molecule has 0 saturated heterocycles. The molecule has 24 heavy (non-hydrogen) atoms. The highest BCUT2D eigenvalue weighted by molar-refractivity contribution is 7.71. The lowest BCUT2D eigenvalue weighted by molar-refractivity contribution is -0.133. The zero-order valence-corrected chi connectivity index (χ0v) is 14.6. The van der Waals surface area contributed by atoms with E-state index in [1.54, 1.807) is 19.0 Å². The van der Waals surface area contributed by atoms with Gasteiger partial charge >= 0.3 is 0 Å². The summed E-state index contributed by atoms with van der Waals surface area (Å²) in [6, 6.07) is 2.04. The van der Waals surface area contributed by atoms with Crippen LogP contribution in [0.15, 0.2) is 6.20 Å². The maximum absolute atomic E-state index is 12.0. The Morgan fingerprint density at radius 3 is 2.58 bits per heavy atom. The number of rotatable bonds is 5. The van der Waals surface area contributed by atoms with Crippen LogP contribution in [0.25, 0.3) is 0 Å². The molecule has 1 saturated carbocycles. The molecule has 0 bridgehead atoms. The van der Waals surface area contributed by atoms with Gasteiger partial charge in [0.2, 0.25) is 11.9 Å². The van der Waals surface area contributed by atoms with Gasteiger partial charge in [-0.25, -0.2) is 18.4 Å². The van der Waals surface area contributed by atoms with Crippen LogP contribution >= 0.6 is 0 Å². The first kappa shape index (κ1) is 18.1. The summed E-state index contributed by atoms with van der Waals surface area (Å²) in [6.07, 6.45) is 4.57. The molecule has 0 spiro atoms. The molecule has 1 N–H and O–H groups in total. The summed E-state index contributed by atoms with van der Waals surface area (Å²) in [5, 5.41) is 12.2. The van der Waals surface area contributed by atoms with Crippen molar-refractivity contribution < 1.29 is 13.2 Å². The summed E-state index contributed by atoms with van der Waals surface area (Å²) in [7, 11) is 0.866.